The van der Waals surface area contributed by atoms with Crippen molar-refractivity contribution in [2.75, 3.05) is 0 Å². The molecular formula is C12H15BrOS. The lowest BCUT2D eigenvalue weighted by atomic mass is 10.1. The molecule has 0 aliphatic heterocycles. The van der Waals surface area contributed by atoms with Crippen LogP contribution in [0.15, 0.2) is 29.2 Å². The lowest BCUT2D eigenvalue weighted by Gasteiger charge is -2.06. The standard InChI is InChI=1S/C12H15BrOS/c1-8(2)15-11-6-4-10(5-7-11)12(14)9(3)13/h4-9H,1-3H3/t9-/m0/s1. The third-order valence-electron chi connectivity index (χ3n) is 1.87. The van der Waals surface area contributed by atoms with Crippen LogP contribution in [0.2, 0.25) is 0 Å². The predicted molar refractivity (Wildman–Crippen MR) is 70.2 cm³/mol. The highest BCUT2D eigenvalue weighted by molar-refractivity contribution is 9.10. The van der Waals surface area contributed by atoms with Gasteiger partial charge in [0.1, 0.15) is 0 Å². The minimum atomic E-state index is -0.110. The van der Waals surface area contributed by atoms with E-state index in [9.17, 15) is 4.79 Å². The first-order valence-corrected chi connectivity index (χ1v) is 6.75. The zero-order valence-corrected chi connectivity index (χ0v) is 11.6. The number of Topliss-reactive ketones (excluding diaryl/α,β-unsaturated/α-hetero) is 1. The summed E-state index contributed by atoms with van der Waals surface area (Å²) < 4.78 is 0. The molecule has 0 saturated carbocycles. The summed E-state index contributed by atoms with van der Waals surface area (Å²) in [5.41, 5.74) is 0.771. The Morgan fingerprint density at radius 3 is 2.13 bits per heavy atom. The summed E-state index contributed by atoms with van der Waals surface area (Å²) in [6.07, 6.45) is 0. The molecule has 0 spiro atoms. The number of rotatable bonds is 4. The quantitative estimate of drug-likeness (QED) is 0.470. The van der Waals surface area contributed by atoms with E-state index < -0.39 is 0 Å². The Hall–Kier alpha value is -0.280. The predicted octanol–water partition coefficient (Wildman–Crippen LogP) is 4.15. The number of carbonyl (C=O) groups is 1. The zero-order chi connectivity index (χ0) is 11.4. The average Bonchev–Trinajstić information content (AvgIpc) is 2.17. The summed E-state index contributed by atoms with van der Waals surface area (Å²) in [6, 6.07) is 7.80. The van der Waals surface area contributed by atoms with E-state index in [-0.39, 0.29) is 10.6 Å². The normalized spacial score (nSPS) is 12.9. The third-order valence-corrected chi connectivity index (χ3v) is 3.30. The van der Waals surface area contributed by atoms with E-state index >= 15 is 0 Å². The molecule has 1 atom stereocenters. The van der Waals surface area contributed by atoms with Crippen molar-refractivity contribution in [2.45, 2.75) is 35.7 Å². The van der Waals surface area contributed by atoms with Crippen LogP contribution in [0.25, 0.3) is 0 Å². The second-order valence-electron chi connectivity index (χ2n) is 3.67. The van der Waals surface area contributed by atoms with Gasteiger partial charge in [-0.3, -0.25) is 4.79 Å². The molecule has 0 fully saturated rings. The number of hydrogen-bond acceptors (Lipinski definition) is 2. The molecule has 0 aliphatic carbocycles. The smallest absolute Gasteiger partial charge is 0.176 e. The van der Waals surface area contributed by atoms with E-state index in [0.29, 0.717) is 5.25 Å². The Morgan fingerprint density at radius 1 is 1.20 bits per heavy atom. The largest absolute Gasteiger partial charge is 0.293 e. The average molecular weight is 287 g/mol. The van der Waals surface area contributed by atoms with Crippen LogP contribution in [-0.2, 0) is 0 Å². The molecule has 0 radical (unpaired) electrons. The molecule has 0 bridgehead atoms. The molecule has 3 heteroatoms. The van der Waals surface area contributed by atoms with Gasteiger partial charge in [0, 0.05) is 15.7 Å². The van der Waals surface area contributed by atoms with E-state index in [1.54, 1.807) is 11.8 Å². The fraction of sp³-hybridized carbons (Fsp3) is 0.417. The second-order valence-corrected chi connectivity index (χ2v) is 6.69. The number of hydrogen-bond donors (Lipinski definition) is 0. The van der Waals surface area contributed by atoms with Crippen molar-refractivity contribution in [3.8, 4) is 0 Å². The highest BCUT2D eigenvalue weighted by atomic mass is 79.9. The molecule has 15 heavy (non-hydrogen) atoms. The van der Waals surface area contributed by atoms with Gasteiger partial charge in [0.05, 0.1) is 4.83 Å². The van der Waals surface area contributed by atoms with Crippen LogP contribution >= 0.6 is 27.7 Å². The molecule has 0 unspecified atom stereocenters. The molecule has 0 aromatic heterocycles. The summed E-state index contributed by atoms with van der Waals surface area (Å²) in [5, 5.41) is 0.571. The lowest BCUT2D eigenvalue weighted by Crippen LogP contribution is -2.09. The van der Waals surface area contributed by atoms with Gasteiger partial charge in [-0.2, -0.15) is 0 Å². The van der Waals surface area contributed by atoms with Crippen LogP contribution in [0.5, 0.6) is 0 Å². The van der Waals surface area contributed by atoms with E-state index in [2.05, 4.69) is 29.8 Å². The van der Waals surface area contributed by atoms with E-state index in [4.69, 9.17) is 0 Å². The van der Waals surface area contributed by atoms with Crippen molar-refractivity contribution >= 4 is 33.5 Å². The molecule has 1 aromatic carbocycles. The van der Waals surface area contributed by atoms with Gasteiger partial charge in [-0.1, -0.05) is 41.9 Å². The Morgan fingerprint density at radius 2 is 1.73 bits per heavy atom. The maximum atomic E-state index is 11.6. The zero-order valence-electron chi connectivity index (χ0n) is 9.16. The van der Waals surface area contributed by atoms with Gasteiger partial charge in [-0.15, -0.1) is 11.8 Å². The van der Waals surface area contributed by atoms with Crippen LogP contribution in [0.3, 0.4) is 0 Å². The van der Waals surface area contributed by atoms with Crippen molar-refractivity contribution < 1.29 is 4.79 Å². The van der Waals surface area contributed by atoms with E-state index in [1.807, 2.05) is 31.2 Å². The van der Waals surface area contributed by atoms with Crippen molar-refractivity contribution in [3.63, 3.8) is 0 Å². The minimum absolute atomic E-state index is 0.110. The first kappa shape index (κ1) is 12.8. The molecule has 0 saturated heterocycles. The molecule has 0 aliphatic rings. The summed E-state index contributed by atoms with van der Waals surface area (Å²) in [7, 11) is 0. The van der Waals surface area contributed by atoms with Crippen LogP contribution < -0.4 is 0 Å². The van der Waals surface area contributed by atoms with Gasteiger partial charge in [0.15, 0.2) is 5.78 Å². The maximum Gasteiger partial charge on any atom is 0.176 e. The highest BCUT2D eigenvalue weighted by Gasteiger charge is 2.11. The van der Waals surface area contributed by atoms with Crippen LogP contribution in [-0.4, -0.2) is 15.9 Å². The number of ketones is 1. The van der Waals surface area contributed by atoms with Gasteiger partial charge in [-0.25, -0.2) is 0 Å². The number of carbonyl (C=O) groups excluding carboxylic acids is 1. The summed E-state index contributed by atoms with van der Waals surface area (Å²) in [5.74, 6) is 0.135. The number of alkyl halides is 1. The molecule has 1 nitrogen and oxygen atoms in total. The summed E-state index contributed by atoms with van der Waals surface area (Å²) in [6.45, 7) is 6.16. The first-order valence-electron chi connectivity index (χ1n) is 4.95. The molecule has 1 aromatic rings. The summed E-state index contributed by atoms with van der Waals surface area (Å²) >= 11 is 5.08. The SMILES string of the molecule is CC(C)Sc1ccc(C(=O)[C@H](C)Br)cc1. The van der Waals surface area contributed by atoms with Crippen molar-refractivity contribution in [2.24, 2.45) is 0 Å². The van der Waals surface area contributed by atoms with Crippen LogP contribution in [0.4, 0.5) is 0 Å². The Balaban J connectivity index is 2.76. The number of thioether (sulfide) groups is 1. The Labute approximate surface area is 104 Å². The van der Waals surface area contributed by atoms with Crippen molar-refractivity contribution in [1.82, 2.24) is 0 Å². The van der Waals surface area contributed by atoms with Crippen LogP contribution in [0, 0.1) is 0 Å². The second kappa shape index (κ2) is 5.71. The molecule has 82 valence electrons. The molecular weight excluding hydrogens is 272 g/mol. The minimum Gasteiger partial charge on any atom is -0.293 e. The van der Waals surface area contributed by atoms with Gasteiger partial charge >= 0.3 is 0 Å². The molecule has 1 rings (SSSR count). The fourth-order valence-electron chi connectivity index (χ4n) is 1.20. The van der Waals surface area contributed by atoms with Gasteiger partial charge in [-0.05, 0) is 19.1 Å². The van der Waals surface area contributed by atoms with E-state index in [0.717, 1.165) is 5.56 Å². The lowest BCUT2D eigenvalue weighted by molar-refractivity contribution is 0.0996. The fourth-order valence-corrected chi connectivity index (χ4v) is 2.30. The van der Waals surface area contributed by atoms with Gasteiger partial charge in [0.2, 0.25) is 0 Å². The van der Waals surface area contributed by atoms with Gasteiger partial charge < -0.3 is 0 Å². The van der Waals surface area contributed by atoms with Crippen molar-refractivity contribution in [1.29, 1.82) is 0 Å². The highest BCUT2D eigenvalue weighted by Crippen LogP contribution is 2.23. The Bertz CT molecular complexity index is 330. The van der Waals surface area contributed by atoms with Crippen molar-refractivity contribution in [3.05, 3.63) is 29.8 Å². The van der Waals surface area contributed by atoms with Gasteiger partial charge in [0.25, 0.3) is 0 Å². The molecule has 0 N–H and O–H groups in total. The summed E-state index contributed by atoms with van der Waals surface area (Å²) in [4.78, 5) is 12.7. The first-order chi connectivity index (χ1) is 7.00. The monoisotopic (exact) mass is 286 g/mol. The topological polar surface area (TPSA) is 17.1 Å². The van der Waals surface area contributed by atoms with E-state index in [1.165, 1.54) is 4.90 Å². The third kappa shape index (κ3) is 3.99. The molecule has 0 heterocycles. The van der Waals surface area contributed by atoms with Crippen LogP contribution in [0.1, 0.15) is 31.1 Å². The maximum absolute atomic E-state index is 11.6. The number of benzene rings is 1. The Kier molecular flexibility index (Phi) is 4.87. The molecule has 0 amide bonds. The number of halogens is 1.